The Morgan fingerprint density at radius 1 is 1.32 bits per heavy atom. The van der Waals surface area contributed by atoms with Crippen LogP contribution in [0, 0.1) is 0 Å². The fraction of sp³-hybridized carbons (Fsp3) is 0.188. The smallest absolute Gasteiger partial charge is 0.305 e. The van der Waals surface area contributed by atoms with Gasteiger partial charge >= 0.3 is 5.97 Å². The summed E-state index contributed by atoms with van der Waals surface area (Å²) >= 11 is 0. The molecule has 0 saturated heterocycles. The second kappa shape index (κ2) is 5.85. The Labute approximate surface area is 126 Å². The molecule has 0 unspecified atom stereocenters. The molecular weight excluding hydrogens is 282 g/mol. The predicted octanol–water partition coefficient (Wildman–Crippen LogP) is 2.07. The minimum absolute atomic E-state index is 0.213. The Morgan fingerprint density at radius 3 is 2.95 bits per heavy atom. The van der Waals surface area contributed by atoms with E-state index in [-0.39, 0.29) is 17.9 Å². The molecular formula is C16H15N3O3. The molecule has 1 aliphatic rings. The van der Waals surface area contributed by atoms with Crippen molar-refractivity contribution in [2.75, 3.05) is 7.11 Å². The molecule has 0 amide bonds. The van der Waals surface area contributed by atoms with E-state index in [2.05, 4.69) is 19.9 Å². The summed E-state index contributed by atoms with van der Waals surface area (Å²) < 4.78 is 4.62. The molecule has 0 aliphatic carbocycles. The monoisotopic (exact) mass is 297 g/mol. The molecule has 0 fully saturated rings. The molecule has 22 heavy (non-hydrogen) atoms. The number of aryl methyl sites for hydroxylation is 1. The Kier molecular flexibility index (Phi) is 3.74. The summed E-state index contributed by atoms with van der Waals surface area (Å²) in [5, 5.41) is 5.37. The topological polar surface area (TPSA) is 87.3 Å². The summed E-state index contributed by atoms with van der Waals surface area (Å²) in [4.78, 5) is 27.5. The van der Waals surface area contributed by atoms with E-state index in [4.69, 9.17) is 0 Å². The van der Waals surface area contributed by atoms with Gasteiger partial charge in [-0.2, -0.15) is 0 Å². The fourth-order valence-corrected chi connectivity index (χ4v) is 2.39. The number of H-pyrrole nitrogens is 2. The lowest BCUT2D eigenvalue weighted by molar-refractivity contribution is -0.140. The molecule has 0 atom stereocenters. The zero-order chi connectivity index (χ0) is 15.5. The largest absolute Gasteiger partial charge is 0.469 e. The highest BCUT2D eigenvalue weighted by atomic mass is 16.5. The van der Waals surface area contributed by atoms with E-state index in [9.17, 15) is 9.59 Å². The normalized spacial score (nSPS) is 14.3. The number of aromatic nitrogens is 2. The number of aliphatic imine (C=N–C) groups is 1. The van der Waals surface area contributed by atoms with E-state index in [1.807, 2.05) is 24.3 Å². The molecule has 112 valence electrons. The second-order valence-electron chi connectivity index (χ2n) is 4.92. The first-order valence-corrected chi connectivity index (χ1v) is 6.90. The average Bonchev–Trinajstić information content (AvgIpc) is 3.10. The maximum atomic E-state index is 12.0. The molecule has 3 rings (SSSR count). The number of esters is 1. The second-order valence-corrected chi connectivity index (χ2v) is 4.92. The Balaban J connectivity index is 1.92. The van der Waals surface area contributed by atoms with E-state index < -0.39 is 0 Å². The van der Waals surface area contributed by atoms with Crippen LogP contribution in [0.2, 0.25) is 0 Å². The molecule has 1 aromatic carbocycles. The number of benzene rings is 1. The first-order valence-electron chi connectivity index (χ1n) is 6.90. The van der Waals surface area contributed by atoms with Gasteiger partial charge in [0.05, 0.1) is 24.8 Å². The minimum Gasteiger partial charge on any atom is -0.469 e. The van der Waals surface area contributed by atoms with Crippen molar-refractivity contribution in [1.29, 1.82) is 0 Å². The van der Waals surface area contributed by atoms with Crippen molar-refractivity contribution in [3.8, 4) is 0 Å². The van der Waals surface area contributed by atoms with Gasteiger partial charge in [0.2, 0.25) is 0 Å². The molecule has 2 N–H and O–H groups in total. The van der Waals surface area contributed by atoms with Crippen LogP contribution in [0.15, 0.2) is 34.1 Å². The molecule has 2 aromatic rings. The van der Waals surface area contributed by atoms with Gasteiger partial charge in [0.1, 0.15) is 0 Å². The van der Waals surface area contributed by atoms with Crippen molar-refractivity contribution in [3.05, 3.63) is 51.4 Å². The van der Waals surface area contributed by atoms with Gasteiger partial charge in [-0.1, -0.05) is 18.2 Å². The van der Waals surface area contributed by atoms with E-state index >= 15 is 0 Å². The highest BCUT2D eigenvalue weighted by Crippen LogP contribution is 2.32. The van der Waals surface area contributed by atoms with Crippen LogP contribution in [-0.2, 0) is 16.0 Å². The van der Waals surface area contributed by atoms with Crippen LogP contribution in [-0.4, -0.2) is 29.5 Å². The summed E-state index contributed by atoms with van der Waals surface area (Å²) in [7, 11) is 1.34. The van der Waals surface area contributed by atoms with Gasteiger partial charge in [0.15, 0.2) is 0 Å². The van der Waals surface area contributed by atoms with Crippen LogP contribution >= 0.6 is 0 Å². The van der Waals surface area contributed by atoms with Crippen molar-refractivity contribution >= 4 is 29.5 Å². The summed E-state index contributed by atoms with van der Waals surface area (Å²) in [5.74, 6) is -0.312. The van der Waals surface area contributed by atoms with Crippen LogP contribution in [0.5, 0.6) is 0 Å². The molecule has 0 radical (unpaired) electrons. The van der Waals surface area contributed by atoms with Crippen molar-refractivity contribution in [2.45, 2.75) is 12.8 Å². The third-order valence-electron chi connectivity index (χ3n) is 3.56. The van der Waals surface area contributed by atoms with E-state index in [0.717, 1.165) is 16.8 Å². The Hall–Kier alpha value is -2.89. The molecule has 1 aromatic heterocycles. The minimum atomic E-state index is -0.312. The van der Waals surface area contributed by atoms with Crippen LogP contribution in [0.1, 0.15) is 23.2 Å². The summed E-state index contributed by atoms with van der Waals surface area (Å²) in [5.41, 5.74) is 3.73. The van der Waals surface area contributed by atoms with E-state index in [1.54, 1.807) is 12.3 Å². The number of carbonyl (C=O) groups excluding carboxylic acids is 1. The van der Waals surface area contributed by atoms with Crippen LogP contribution in [0.25, 0.3) is 11.6 Å². The maximum absolute atomic E-state index is 12.0. The van der Waals surface area contributed by atoms with Crippen molar-refractivity contribution in [3.63, 3.8) is 0 Å². The molecule has 0 bridgehead atoms. The number of fused-ring (bicyclic) bond motifs is 1. The quantitative estimate of drug-likeness (QED) is 0.847. The van der Waals surface area contributed by atoms with Gasteiger partial charge in [-0.15, -0.1) is 0 Å². The van der Waals surface area contributed by atoms with Crippen LogP contribution in [0.3, 0.4) is 0 Å². The summed E-state index contributed by atoms with van der Waals surface area (Å²) in [6, 6.07) is 7.74. The number of nitrogens with zero attached hydrogens (tertiary/aromatic N) is 1. The highest BCUT2D eigenvalue weighted by molar-refractivity contribution is 6.21. The lowest BCUT2D eigenvalue weighted by Gasteiger charge is -2.01. The fourth-order valence-electron chi connectivity index (χ4n) is 2.39. The number of hydrogen-bond donors (Lipinski definition) is 2. The third-order valence-corrected chi connectivity index (χ3v) is 3.56. The first kappa shape index (κ1) is 14.1. The standard InChI is InChI=1S/C16H15N3O3/c1-22-15(20)7-6-14-12(16(21)19-18-14)8-10-9-17-13-5-3-2-4-11(10)13/h2-5,8-9H,6-7H2,1H3,(H2,18,19,21). The number of carbonyl (C=O) groups is 1. The van der Waals surface area contributed by atoms with Gasteiger partial charge in [-0.3, -0.25) is 19.7 Å². The number of allylic oxidation sites excluding steroid dienone is 1. The Bertz CT molecular complexity index is 827. The van der Waals surface area contributed by atoms with Crippen molar-refractivity contribution in [1.82, 2.24) is 10.2 Å². The molecule has 6 heteroatoms. The molecule has 1 aliphatic heterocycles. The Morgan fingerprint density at radius 2 is 2.14 bits per heavy atom. The van der Waals surface area contributed by atoms with Gasteiger partial charge in [0.25, 0.3) is 5.56 Å². The molecule has 0 spiro atoms. The number of para-hydroxylation sites is 1. The van der Waals surface area contributed by atoms with Crippen molar-refractivity contribution < 1.29 is 9.53 Å². The van der Waals surface area contributed by atoms with Gasteiger partial charge in [-0.25, -0.2) is 0 Å². The maximum Gasteiger partial charge on any atom is 0.305 e. The lowest BCUT2D eigenvalue weighted by atomic mass is 10.0. The SMILES string of the molecule is COC(=O)CCc1[nH][nH]c(=O)c1C=C1C=Nc2ccccc21. The molecule has 6 nitrogen and oxygen atoms in total. The number of nitrogens with one attached hydrogen (secondary N) is 2. The number of hydrogen-bond acceptors (Lipinski definition) is 4. The predicted molar refractivity (Wildman–Crippen MR) is 84.2 cm³/mol. The zero-order valence-electron chi connectivity index (χ0n) is 12.1. The molecule has 2 heterocycles. The number of ether oxygens (including phenoxy) is 1. The van der Waals surface area contributed by atoms with Crippen LogP contribution < -0.4 is 5.56 Å². The van der Waals surface area contributed by atoms with E-state index in [1.165, 1.54) is 7.11 Å². The summed E-state index contributed by atoms with van der Waals surface area (Å²) in [6.07, 6.45) is 4.15. The van der Waals surface area contributed by atoms with Gasteiger partial charge in [0, 0.05) is 29.5 Å². The van der Waals surface area contributed by atoms with E-state index in [0.29, 0.717) is 17.7 Å². The van der Waals surface area contributed by atoms with Gasteiger partial charge in [-0.05, 0) is 12.1 Å². The summed E-state index contributed by atoms with van der Waals surface area (Å²) in [6.45, 7) is 0. The third kappa shape index (κ3) is 2.63. The lowest BCUT2D eigenvalue weighted by Crippen LogP contribution is -2.05. The average molecular weight is 297 g/mol. The first-order chi connectivity index (χ1) is 10.7. The number of methoxy groups -OCH3 is 1. The number of rotatable bonds is 4. The molecule has 0 saturated carbocycles. The van der Waals surface area contributed by atoms with Crippen LogP contribution in [0.4, 0.5) is 5.69 Å². The van der Waals surface area contributed by atoms with Gasteiger partial charge < -0.3 is 9.84 Å². The highest BCUT2D eigenvalue weighted by Gasteiger charge is 2.15. The zero-order valence-corrected chi connectivity index (χ0v) is 12.1. The number of aromatic amines is 2. The van der Waals surface area contributed by atoms with Crippen molar-refractivity contribution in [2.24, 2.45) is 4.99 Å².